The predicted molar refractivity (Wildman–Crippen MR) is 150 cm³/mol. The van der Waals surface area contributed by atoms with Gasteiger partial charge in [-0.1, -0.05) is 78.9 Å². The highest BCUT2D eigenvalue weighted by atomic mass is 16.6. The Morgan fingerprint density at radius 2 is 1.39 bits per heavy atom. The molecule has 0 aromatic heterocycles. The van der Waals surface area contributed by atoms with Gasteiger partial charge in [-0.3, -0.25) is 14.4 Å². The minimum atomic E-state index is -1.80. The highest BCUT2D eigenvalue weighted by molar-refractivity contribution is 6.12. The van der Waals surface area contributed by atoms with Gasteiger partial charge < -0.3 is 27.0 Å². The summed E-state index contributed by atoms with van der Waals surface area (Å²) in [6, 6.07) is 19.2. The van der Waals surface area contributed by atoms with E-state index < -0.39 is 61.1 Å². The molecule has 2 amide bonds. The van der Waals surface area contributed by atoms with Crippen LogP contribution in [0, 0.1) is 0 Å². The number of aliphatic carboxylic acids is 1. The molecule has 0 radical (unpaired) electrons. The second-order valence-electron chi connectivity index (χ2n) is 9.19. The SMILES string of the molecule is NCC(=O)c1c(CC(C(=O)O)N(C(=O)CN)C(=O)OCc2ccccc2)cccc1C(=O)C(N)Cc1ccccc1. The summed E-state index contributed by atoms with van der Waals surface area (Å²) in [5, 5.41) is 10.1. The zero-order valence-corrected chi connectivity index (χ0v) is 22.3. The maximum atomic E-state index is 13.4. The molecule has 11 nitrogen and oxygen atoms in total. The number of imide groups is 1. The van der Waals surface area contributed by atoms with Gasteiger partial charge in [0.25, 0.3) is 0 Å². The van der Waals surface area contributed by atoms with E-state index in [1.54, 1.807) is 30.3 Å². The molecule has 3 aromatic carbocycles. The number of ketones is 2. The maximum Gasteiger partial charge on any atom is 0.417 e. The van der Waals surface area contributed by atoms with Gasteiger partial charge in [0.1, 0.15) is 12.6 Å². The van der Waals surface area contributed by atoms with Crippen LogP contribution in [-0.4, -0.2) is 64.7 Å². The van der Waals surface area contributed by atoms with Crippen LogP contribution in [0.1, 0.15) is 37.4 Å². The van der Waals surface area contributed by atoms with Gasteiger partial charge in [-0.05, 0) is 23.1 Å². The Balaban J connectivity index is 1.95. The first-order valence-electron chi connectivity index (χ1n) is 12.8. The number of nitrogens with zero attached hydrogens (tertiary/aromatic N) is 1. The Hall–Kier alpha value is -4.71. The van der Waals surface area contributed by atoms with E-state index in [0.717, 1.165) is 5.56 Å². The first-order valence-corrected chi connectivity index (χ1v) is 12.8. The van der Waals surface area contributed by atoms with E-state index in [4.69, 9.17) is 21.9 Å². The van der Waals surface area contributed by atoms with E-state index in [-0.39, 0.29) is 29.7 Å². The number of ether oxygens (including phenoxy) is 1. The number of carbonyl (C=O) groups excluding carboxylic acids is 4. The van der Waals surface area contributed by atoms with Crippen molar-refractivity contribution >= 4 is 29.5 Å². The number of hydrogen-bond acceptors (Lipinski definition) is 9. The average Bonchev–Trinajstić information content (AvgIpc) is 2.99. The molecule has 214 valence electrons. The van der Waals surface area contributed by atoms with Gasteiger partial charge in [-0.25, -0.2) is 14.5 Å². The average molecular weight is 561 g/mol. The number of rotatable bonds is 13. The van der Waals surface area contributed by atoms with Crippen LogP contribution in [0.5, 0.6) is 0 Å². The van der Waals surface area contributed by atoms with Crippen molar-refractivity contribution in [2.75, 3.05) is 13.1 Å². The molecule has 2 unspecified atom stereocenters. The summed E-state index contributed by atoms with van der Waals surface area (Å²) in [6.45, 7) is -1.38. The molecule has 0 fully saturated rings. The van der Waals surface area contributed by atoms with Gasteiger partial charge in [-0.2, -0.15) is 0 Å². The quantitative estimate of drug-likeness (QED) is 0.223. The van der Waals surface area contributed by atoms with Crippen molar-refractivity contribution in [2.24, 2.45) is 17.2 Å². The van der Waals surface area contributed by atoms with Crippen molar-refractivity contribution in [1.82, 2.24) is 4.90 Å². The van der Waals surface area contributed by atoms with E-state index in [1.807, 2.05) is 30.3 Å². The molecule has 0 heterocycles. The fourth-order valence-electron chi connectivity index (χ4n) is 4.35. The molecule has 0 aliphatic heterocycles. The van der Waals surface area contributed by atoms with Gasteiger partial charge in [0.2, 0.25) is 5.91 Å². The molecular weight excluding hydrogens is 528 g/mol. The normalized spacial score (nSPS) is 12.2. The Kier molecular flexibility index (Phi) is 11.0. The highest BCUT2D eigenvalue weighted by Gasteiger charge is 2.37. The third-order valence-corrected chi connectivity index (χ3v) is 6.37. The van der Waals surface area contributed by atoms with Crippen molar-refractivity contribution in [2.45, 2.75) is 31.5 Å². The molecule has 0 bridgehead atoms. The van der Waals surface area contributed by atoms with Crippen LogP contribution in [0.15, 0.2) is 78.9 Å². The van der Waals surface area contributed by atoms with Crippen LogP contribution in [-0.2, 0) is 33.8 Å². The Morgan fingerprint density at radius 3 is 1.95 bits per heavy atom. The molecule has 3 aromatic rings. The summed E-state index contributed by atoms with van der Waals surface area (Å²) in [7, 11) is 0. The van der Waals surface area contributed by atoms with E-state index in [1.165, 1.54) is 18.2 Å². The maximum absolute atomic E-state index is 13.4. The lowest BCUT2D eigenvalue weighted by molar-refractivity contribution is -0.148. The third-order valence-electron chi connectivity index (χ3n) is 6.37. The monoisotopic (exact) mass is 560 g/mol. The zero-order chi connectivity index (χ0) is 29.9. The minimum Gasteiger partial charge on any atom is -0.480 e. The smallest absolute Gasteiger partial charge is 0.417 e. The lowest BCUT2D eigenvalue weighted by atomic mass is 9.88. The standard InChI is InChI=1S/C30H32N4O7/c31-16-25(35)27-21(12-7-13-22(27)28(37)23(33)14-19-8-3-1-4-9-19)15-24(29(38)39)34(26(36)17-32)30(40)41-18-20-10-5-2-6-11-20/h1-13,23-24H,14-18,31-33H2,(H,38,39). The lowest BCUT2D eigenvalue weighted by Crippen LogP contribution is -2.52. The van der Waals surface area contributed by atoms with Gasteiger partial charge in [-0.15, -0.1) is 0 Å². The summed E-state index contributed by atoms with van der Waals surface area (Å²) in [5.74, 6) is -3.73. The van der Waals surface area contributed by atoms with Gasteiger partial charge in [0, 0.05) is 17.5 Å². The van der Waals surface area contributed by atoms with E-state index in [0.29, 0.717) is 10.5 Å². The van der Waals surface area contributed by atoms with Gasteiger partial charge >= 0.3 is 12.1 Å². The van der Waals surface area contributed by atoms with E-state index in [9.17, 15) is 29.1 Å². The van der Waals surface area contributed by atoms with Crippen molar-refractivity contribution in [3.63, 3.8) is 0 Å². The number of carbonyl (C=O) groups is 5. The summed E-state index contributed by atoms with van der Waals surface area (Å²) in [5.41, 5.74) is 18.7. The van der Waals surface area contributed by atoms with Crippen molar-refractivity contribution in [1.29, 1.82) is 0 Å². The Morgan fingerprint density at radius 1 is 0.780 bits per heavy atom. The number of Topliss-reactive ketones (excluding diaryl/α,β-unsaturated/α-hetero) is 2. The molecule has 0 aliphatic carbocycles. The van der Waals surface area contributed by atoms with Crippen LogP contribution in [0.25, 0.3) is 0 Å². The predicted octanol–water partition coefficient (Wildman–Crippen LogP) is 1.70. The van der Waals surface area contributed by atoms with Crippen LogP contribution in [0.4, 0.5) is 4.79 Å². The summed E-state index contributed by atoms with van der Waals surface area (Å²) < 4.78 is 5.22. The zero-order valence-electron chi connectivity index (χ0n) is 22.3. The molecule has 11 heteroatoms. The second kappa shape index (κ2) is 14.6. The number of benzene rings is 3. The fourth-order valence-corrected chi connectivity index (χ4v) is 4.35. The first-order chi connectivity index (χ1) is 19.7. The second-order valence-corrected chi connectivity index (χ2v) is 9.19. The Labute approximate surface area is 236 Å². The number of carboxylic acids is 1. The first kappa shape index (κ1) is 30.8. The van der Waals surface area contributed by atoms with E-state index >= 15 is 0 Å². The molecule has 0 saturated carbocycles. The third kappa shape index (κ3) is 7.92. The van der Waals surface area contributed by atoms with Crippen molar-refractivity contribution in [3.05, 3.63) is 107 Å². The number of carboxylic acid groups (broad SMARTS) is 1. The molecule has 7 N–H and O–H groups in total. The molecule has 3 rings (SSSR count). The lowest BCUT2D eigenvalue weighted by Gasteiger charge is -2.27. The van der Waals surface area contributed by atoms with E-state index in [2.05, 4.69) is 0 Å². The van der Waals surface area contributed by atoms with Crippen molar-refractivity contribution < 1.29 is 33.8 Å². The molecule has 41 heavy (non-hydrogen) atoms. The molecule has 0 spiro atoms. The number of nitrogens with two attached hydrogens (primary N) is 3. The summed E-state index contributed by atoms with van der Waals surface area (Å²) in [6.07, 6.45) is -1.54. The van der Waals surface area contributed by atoms with Crippen LogP contribution >= 0.6 is 0 Å². The number of hydrogen-bond donors (Lipinski definition) is 4. The Bertz CT molecular complexity index is 1400. The largest absolute Gasteiger partial charge is 0.480 e. The van der Waals surface area contributed by atoms with Crippen LogP contribution in [0.2, 0.25) is 0 Å². The molecule has 2 atom stereocenters. The molecule has 0 aliphatic rings. The minimum absolute atomic E-state index is 0.0334. The summed E-state index contributed by atoms with van der Waals surface area (Å²) >= 11 is 0. The van der Waals surface area contributed by atoms with Crippen molar-refractivity contribution in [3.8, 4) is 0 Å². The highest BCUT2D eigenvalue weighted by Crippen LogP contribution is 2.22. The summed E-state index contributed by atoms with van der Waals surface area (Å²) in [4.78, 5) is 64.8. The van der Waals surface area contributed by atoms with Crippen LogP contribution < -0.4 is 17.2 Å². The molecular formula is C30H32N4O7. The van der Waals surface area contributed by atoms with Crippen LogP contribution in [0.3, 0.4) is 0 Å². The fraction of sp³-hybridized carbons (Fsp3) is 0.233. The van der Waals surface area contributed by atoms with Gasteiger partial charge in [0.15, 0.2) is 11.6 Å². The molecule has 0 saturated heterocycles. The van der Waals surface area contributed by atoms with Gasteiger partial charge in [0.05, 0.1) is 19.1 Å². The number of amides is 2. The topological polar surface area (TPSA) is 196 Å².